The van der Waals surface area contributed by atoms with Crippen LogP contribution < -0.4 is 18.9 Å². The van der Waals surface area contributed by atoms with Crippen LogP contribution in [0.2, 0.25) is 0 Å². The third kappa shape index (κ3) is 9.42. The van der Waals surface area contributed by atoms with Gasteiger partial charge in [0.2, 0.25) is 0 Å². The van der Waals surface area contributed by atoms with E-state index >= 15 is 0 Å². The summed E-state index contributed by atoms with van der Waals surface area (Å²) in [6, 6.07) is 21.5. The molecular weight excluding hydrogens is 612 g/mol. The number of benzene rings is 4. The monoisotopic (exact) mass is 650 g/mol. The Morgan fingerprint density at radius 1 is 0.625 bits per heavy atom. The number of carbonyl (C=O) groups excluding carboxylic acids is 4. The second-order valence-corrected chi connectivity index (χ2v) is 12.2. The molecule has 0 spiro atoms. The van der Waals surface area contributed by atoms with Gasteiger partial charge in [-0.25, -0.2) is 19.2 Å². The van der Waals surface area contributed by atoms with Crippen LogP contribution in [0.4, 0.5) is 0 Å². The average Bonchev–Trinajstić information content (AvgIpc) is 3.04. The maximum absolute atomic E-state index is 13.0. The highest BCUT2D eigenvalue weighted by molar-refractivity contribution is 5.97. The van der Waals surface area contributed by atoms with Crippen molar-refractivity contribution in [2.45, 2.75) is 58.7 Å². The first-order chi connectivity index (χ1) is 22.7. The molecule has 0 bridgehead atoms. The van der Waals surface area contributed by atoms with Gasteiger partial charge in [-0.15, -0.1) is 0 Å². The fourth-order valence-electron chi connectivity index (χ4n) is 5.28. The fraction of sp³-hybridized carbons (Fsp3) is 0.231. The van der Waals surface area contributed by atoms with Gasteiger partial charge < -0.3 is 23.7 Å². The number of hydrogen-bond donors (Lipinski definition) is 0. The van der Waals surface area contributed by atoms with Crippen LogP contribution in [0.5, 0.6) is 23.0 Å². The molecule has 0 aliphatic heterocycles. The number of hydrogen-bond acceptors (Lipinski definition) is 9. The molecule has 0 atom stereocenters. The highest BCUT2D eigenvalue weighted by Crippen LogP contribution is 2.30. The molecule has 0 N–H and O–H groups in total. The van der Waals surface area contributed by atoms with Gasteiger partial charge in [-0.2, -0.15) is 0 Å². The Labute approximate surface area is 279 Å². The smallest absolute Gasteiger partial charge is 0.343 e. The van der Waals surface area contributed by atoms with Crippen molar-refractivity contribution in [3.05, 3.63) is 121 Å². The molecule has 0 unspecified atom stereocenters. The van der Waals surface area contributed by atoms with E-state index in [0.29, 0.717) is 52.5 Å². The molecule has 0 aliphatic rings. The van der Waals surface area contributed by atoms with Gasteiger partial charge in [0.25, 0.3) is 0 Å². The summed E-state index contributed by atoms with van der Waals surface area (Å²) in [4.78, 5) is 49.1. The Bertz CT molecular complexity index is 1870. The van der Waals surface area contributed by atoms with Crippen LogP contribution in [0.25, 0.3) is 10.8 Å². The molecule has 0 fully saturated rings. The lowest BCUT2D eigenvalue weighted by atomic mass is 9.92. The third-order valence-corrected chi connectivity index (χ3v) is 7.14. The summed E-state index contributed by atoms with van der Waals surface area (Å²) in [5, 5.41) is 1.54. The molecule has 0 heterocycles. The first-order valence-corrected chi connectivity index (χ1v) is 15.3. The minimum atomic E-state index is -0.781. The Kier molecular flexibility index (Phi) is 10.8. The number of esters is 4. The Morgan fingerprint density at radius 3 is 1.85 bits per heavy atom. The number of rotatable bonds is 13. The van der Waals surface area contributed by atoms with E-state index in [-0.39, 0.29) is 0 Å². The van der Waals surface area contributed by atoms with Crippen molar-refractivity contribution in [2.75, 3.05) is 0 Å². The van der Waals surface area contributed by atoms with Gasteiger partial charge in [-0.3, -0.25) is 0 Å². The van der Waals surface area contributed by atoms with Crippen molar-refractivity contribution in [3.8, 4) is 23.0 Å². The summed E-state index contributed by atoms with van der Waals surface area (Å²) in [5.41, 5.74) is -0.133. The predicted molar refractivity (Wildman–Crippen MR) is 182 cm³/mol. The Balaban J connectivity index is 1.38. The van der Waals surface area contributed by atoms with Crippen LogP contribution in [0.15, 0.2) is 104 Å². The third-order valence-electron chi connectivity index (χ3n) is 7.14. The van der Waals surface area contributed by atoms with Gasteiger partial charge in [-0.05, 0) is 117 Å². The van der Waals surface area contributed by atoms with Crippen LogP contribution in [-0.4, -0.2) is 35.1 Å². The summed E-state index contributed by atoms with van der Waals surface area (Å²) in [7, 11) is 0. The lowest BCUT2D eigenvalue weighted by Crippen LogP contribution is -2.40. The summed E-state index contributed by atoms with van der Waals surface area (Å²) in [6.07, 6.45) is 3.13. The highest BCUT2D eigenvalue weighted by Gasteiger charge is 2.33. The molecule has 248 valence electrons. The first kappa shape index (κ1) is 35.2. The molecule has 0 saturated heterocycles. The van der Waals surface area contributed by atoms with E-state index in [9.17, 15) is 19.2 Å². The van der Waals surface area contributed by atoms with Crippen molar-refractivity contribution in [1.29, 1.82) is 0 Å². The van der Waals surface area contributed by atoms with E-state index in [0.717, 1.165) is 22.9 Å². The van der Waals surface area contributed by atoms with Gasteiger partial charge in [0.15, 0.2) is 0 Å². The lowest BCUT2D eigenvalue weighted by Gasteiger charge is -2.34. The molecule has 0 radical (unpaired) electrons. The van der Waals surface area contributed by atoms with Gasteiger partial charge in [0.1, 0.15) is 34.2 Å². The molecule has 4 aromatic carbocycles. The minimum Gasteiger partial charge on any atom is -0.488 e. The standard InChI is InChI=1S/C39H38O9/c1-8-25-22-32(45-36(42)26-13-16-30(17-14-26)47-38(4,5)24-39(6,7)48-35(41)10-3)19-20-33(25)46-37(43)29-12-11-28-23-31(44-34(40)9-2)18-15-27(28)21-29/h9-23H,2-3,8,24H2,1,4-7H3. The fourth-order valence-corrected chi connectivity index (χ4v) is 5.28. The van der Waals surface area contributed by atoms with Crippen molar-refractivity contribution in [1.82, 2.24) is 0 Å². The maximum atomic E-state index is 13.0. The summed E-state index contributed by atoms with van der Waals surface area (Å²) < 4.78 is 28.0. The minimum absolute atomic E-state index is 0.299. The topological polar surface area (TPSA) is 114 Å². The van der Waals surface area contributed by atoms with Crippen LogP contribution in [0.1, 0.15) is 67.3 Å². The van der Waals surface area contributed by atoms with E-state index in [1.807, 2.05) is 20.8 Å². The lowest BCUT2D eigenvalue weighted by molar-refractivity contribution is -0.154. The Hall–Kier alpha value is -5.70. The second kappa shape index (κ2) is 14.8. The van der Waals surface area contributed by atoms with E-state index in [2.05, 4.69) is 13.2 Å². The molecule has 0 saturated carbocycles. The quantitative estimate of drug-likeness (QED) is 0.0807. The van der Waals surface area contributed by atoms with Crippen LogP contribution in [-0.2, 0) is 20.7 Å². The van der Waals surface area contributed by atoms with Crippen molar-refractivity contribution >= 4 is 34.6 Å². The van der Waals surface area contributed by atoms with Crippen molar-refractivity contribution in [2.24, 2.45) is 0 Å². The highest BCUT2D eigenvalue weighted by atomic mass is 16.6. The van der Waals surface area contributed by atoms with Crippen LogP contribution in [0, 0.1) is 0 Å². The zero-order valence-corrected chi connectivity index (χ0v) is 27.7. The molecule has 9 nitrogen and oxygen atoms in total. The molecule has 0 aliphatic carbocycles. The SMILES string of the molecule is C=CC(=O)Oc1ccc2cc(C(=O)Oc3ccc(OC(=O)c4ccc(OC(C)(C)CC(C)(C)OC(=O)C=C)cc4)cc3CC)ccc2c1. The molecule has 4 aromatic rings. The summed E-state index contributed by atoms with van der Waals surface area (Å²) in [5.74, 6) is -0.634. The van der Waals surface area contributed by atoms with E-state index < -0.39 is 35.1 Å². The number of fused-ring (bicyclic) bond motifs is 1. The second-order valence-electron chi connectivity index (χ2n) is 12.2. The summed E-state index contributed by atoms with van der Waals surface area (Å²) in [6.45, 7) is 16.1. The molecule has 9 heteroatoms. The summed E-state index contributed by atoms with van der Waals surface area (Å²) >= 11 is 0. The van der Waals surface area contributed by atoms with Gasteiger partial charge in [0, 0.05) is 18.6 Å². The van der Waals surface area contributed by atoms with Gasteiger partial charge >= 0.3 is 23.9 Å². The van der Waals surface area contributed by atoms with Crippen molar-refractivity contribution in [3.63, 3.8) is 0 Å². The molecular formula is C39H38O9. The number of aryl methyl sites for hydroxylation is 1. The van der Waals surface area contributed by atoms with Gasteiger partial charge in [0.05, 0.1) is 11.1 Å². The molecule has 4 rings (SSSR count). The van der Waals surface area contributed by atoms with E-state index in [1.165, 1.54) is 0 Å². The molecule has 0 aromatic heterocycles. The number of ether oxygens (including phenoxy) is 5. The average molecular weight is 651 g/mol. The van der Waals surface area contributed by atoms with Crippen molar-refractivity contribution < 1.29 is 42.9 Å². The molecule has 0 amide bonds. The molecule has 48 heavy (non-hydrogen) atoms. The zero-order chi connectivity index (χ0) is 35.1. The number of carbonyl (C=O) groups is 4. The van der Waals surface area contributed by atoms with Crippen LogP contribution >= 0.6 is 0 Å². The van der Waals surface area contributed by atoms with E-state index in [4.69, 9.17) is 23.7 Å². The normalized spacial score (nSPS) is 11.3. The largest absolute Gasteiger partial charge is 0.488 e. The maximum Gasteiger partial charge on any atom is 0.343 e. The first-order valence-electron chi connectivity index (χ1n) is 15.3. The van der Waals surface area contributed by atoms with Gasteiger partial charge in [-0.1, -0.05) is 32.2 Å². The predicted octanol–water partition coefficient (Wildman–Crippen LogP) is 7.99. The van der Waals surface area contributed by atoms with E-state index in [1.54, 1.807) is 92.7 Å². The van der Waals surface area contributed by atoms with Crippen LogP contribution in [0.3, 0.4) is 0 Å². The zero-order valence-electron chi connectivity index (χ0n) is 27.7. The Morgan fingerprint density at radius 2 is 1.19 bits per heavy atom.